The van der Waals surface area contributed by atoms with Crippen LogP contribution in [0.3, 0.4) is 0 Å². The molecule has 1 saturated heterocycles. The standard InChI is InChI=1S/C10H19NO3/c1-9(2,3)14-8(12)11-6-5-10(4)7-13-10/h5-7H2,1-4H3,(H,11,12). The molecule has 4 heteroatoms. The minimum absolute atomic E-state index is 0.00495. The van der Waals surface area contributed by atoms with Gasteiger partial charge in [-0.05, 0) is 34.1 Å². The van der Waals surface area contributed by atoms with E-state index in [4.69, 9.17) is 9.47 Å². The Bertz CT molecular complexity index is 216. The van der Waals surface area contributed by atoms with E-state index >= 15 is 0 Å². The fraction of sp³-hybridized carbons (Fsp3) is 0.900. The maximum atomic E-state index is 11.2. The topological polar surface area (TPSA) is 50.9 Å². The molecule has 1 amide bonds. The van der Waals surface area contributed by atoms with Crippen molar-refractivity contribution in [3.8, 4) is 0 Å². The number of rotatable bonds is 3. The molecule has 0 aromatic rings. The lowest BCUT2D eigenvalue weighted by Crippen LogP contribution is -2.34. The molecule has 0 bridgehead atoms. The van der Waals surface area contributed by atoms with E-state index < -0.39 is 5.60 Å². The van der Waals surface area contributed by atoms with Crippen LogP contribution in [0.2, 0.25) is 0 Å². The Hall–Kier alpha value is -0.770. The van der Waals surface area contributed by atoms with Crippen LogP contribution >= 0.6 is 0 Å². The van der Waals surface area contributed by atoms with Gasteiger partial charge in [0.05, 0.1) is 12.2 Å². The average Bonchev–Trinajstić information content (AvgIpc) is 2.64. The molecule has 0 aromatic heterocycles. The summed E-state index contributed by atoms with van der Waals surface area (Å²) in [6.07, 6.45) is 0.480. The molecule has 0 radical (unpaired) electrons. The first-order valence-corrected chi connectivity index (χ1v) is 4.92. The van der Waals surface area contributed by atoms with Crippen molar-refractivity contribution in [2.24, 2.45) is 0 Å². The second-order valence-corrected chi connectivity index (χ2v) is 4.92. The first-order chi connectivity index (χ1) is 6.31. The van der Waals surface area contributed by atoms with Crippen molar-refractivity contribution in [1.29, 1.82) is 0 Å². The van der Waals surface area contributed by atoms with Crippen molar-refractivity contribution >= 4 is 6.09 Å². The fourth-order valence-corrected chi connectivity index (χ4v) is 1.01. The number of epoxide rings is 1. The Morgan fingerprint density at radius 2 is 2.14 bits per heavy atom. The van der Waals surface area contributed by atoms with Gasteiger partial charge >= 0.3 is 6.09 Å². The molecular formula is C10H19NO3. The van der Waals surface area contributed by atoms with E-state index in [0.29, 0.717) is 6.54 Å². The Balaban J connectivity index is 2.09. The van der Waals surface area contributed by atoms with Gasteiger partial charge in [-0.25, -0.2) is 4.79 Å². The van der Waals surface area contributed by atoms with Crippen LogP contribution in [-0.2, 0) is 9.47 Å². The van der Waals surface area contributed by atoms with Crippen molar-refractivity contribution in [2.45, 2.75) is 45.3 Å². The molecule has 1 unspecified atom stereocenters. The van der Waals surface area contributed by atoms with Gasteiger partial charge < -0.3 is 14.8 Å². The normalized spacial score (nSPS) is 25.7. The first-order valence-electron chi connectivity index (χ1n) is 4.92. The number of amides is 1. The van der Waals surface area contributed by atoms with E-state index in [1.165, 1.54) is 0 Å². The summed E-state index contributed by atoms with van der Waals surface area (Å²) in [6, 6.07) is 0. The lowest BCUT2D eigenvalue weighted by Gasteiger charge is -2.19. The van der Waals surface area contributed by atoms with Crippen LogP contribution in [0.1, 0.15) is 34.1 Å². The lowest BCUT2D eigenvalue weighted by atomic mass is 10.1. The van der Waals surface area contributed by atoms with Crippen LogP contribution in [0.4, 0.5) is 4.79 Å². The van der Waals surface area contributed by atoms with Crippen LogP contribution in [0, 0.1) is 0 Å². The number of carbonyl (C=O) groups is 1. The van der Waals surface area contributed by atoms with E-state index in [0.717, 1.165) is 13.0 Å². The van der Waals surface area contributed by atoms with Gasteiger partial charge in [0.15, 0.2) is 0 Å². The van der Waals surface area contributed by atoms with Gasteiger partial charge in [0, 0.05) is 6.54 Å². The Morgan fingerprint density at radius 3 is 2.57 bits per heavy atom. The van der Waals surface area contributed by atoms with E-state index in [9.17, 15) is 4.79 Å². The molecule has 82 valence electrons. The van der Waals surface area contributed by atoms with Gasteiger partial charge in [-0.1, -0.05) is 0 Å². The van der Waals surface area contributed by atoms with Crippen molar-refractivity contribution in [3.05, 3.63) is 0 Å². The van der Waals surface area contributed by atoms with Gasteiger partial charge in [0.25, 0.3) is 0 Å². The first kappa shape index (κ1) is 11.3. The maximum Gasteiger partial charge on any atom is 0.407 e. The molecule has 14 heavy (non-hydrogen) atoms. The molecule has 0 spiro atoms. The van der Waals surface area contributed by atoms with E-state index in [-0.39, 0.29) is 11.7 Å². The number of hydrogen-bond acceptors (Lipinski definition) is 3. The Kier molecular flexibility index (Phi) is 3.04. The zero-order valence-electron chi connectivity index (χ0n) is 9.35. The van der Waals surface area contributed by atoms with Crippen molar-refractivity contribution in [3.63, 3.8) is 0 Å². The highest BCUT2D eigenvalue weighted by atomic mass is 16.6. The monoisotopic (exact) mass is 201 g/mol. The van der Waals surface area contributed by atoms with Crippen LogP contribution < -0.4 is 5.32 Å². The van der Waals surface area contributed by atoms with E-state index in [2.05, 4.69) is 5.32 Å². The lowest BCUT2D eigenvalue weighted by molar-refractivity contribution is 0.0524. The van der Waals surface area contributed by atoms with Crippen molar-refractivity contribution in [1.82, 2.24) is 5.32 Å². The molecular weight excluding hydrogens is 182 g/mol. The molecule has 0 aliphatic carbocycles. The molecule has 1 atom stereocenters. The Labute approximate surface area is 85.0 Å². The molecule has 0 saturated carbocycles. The maximum absolute atomic E-state index is 11.2. The van der Waals surface area contributed by atoms with E-state index in [1.807, 2.05) is 27.7 Å². The number of hydrogen-bond donors (Lipinski definition) is 1. The van der Waals surface area contributed by atoms with Crippen molar-refractivity contribution < 1.29 is 14.3 Å². The summed E-state index contributed by atoms with van der Waals surface area (Å²) < 4.78 is 10.3. The summed E-state index contributed by atoms with van der Waals surface area (Å²) in [5.74, 6) is 0. The fourth-order valence-electron chi connectivity index (χ4n) is 1.01. The molecule has 1 N–H and O–H groups in total. The number of alkyl carbamates (subject to hydrolysis) is 1. The molecule has 1 aliphatic heterocycles. The van der Waals surface area contributed by atoms with Crippen LogP contribution in [0.15, 0.2) is 0 Å². The predicted molar refractivity (Wildman–Crippen MR) is 53.2 cm³/mol. The van der Waals surface area contributed by atoms with Gasteiger partial charge in [0.2, 0.25) is 0 Å². The number of ether oxygens (including phenoxy) is 2. The van der Waals surface area contributed by atoms with Crippen LogP contribution in [-0.4, -0.2) is 30.4 Å². The predicted octanol–water partition coefficient (Wildman–Crippen LogP) is 1.69. The molecule has 1 aliphatic rings. The largest absolute Gasteiger partial charge is 0.444 e. The molecule has 4 nitrogen and oxygen atoms in total. The molecule has 0 aromatic carbocycles. The van der Waals surface area contributed by atoms with Gasteiger partial charge in [-0.2, -0.15) is 0 Å². The van der Waals surface area contributed by atoms with Gasteiger partial charge in [-0.15, -0.1) is 0 Å². The van der Waals surface area contributed by atoms with Crippen molar-refractivity contribution in [2.75, 3.05) is 13.2 Å². The third-order valence-electron chi connectivity index (χ3n) is 1.96. The van der Waals surface area contributed by atoms with Gasteiger partial charge in [-0.3, -0.25) is 0 Å². The van der Waals surface area contributed by atoms with Crippen LogP contribution in [0.25, 0.3) is 0 Å². The SMILES string of the molecule is CC(C)(C)OC(=O)NCCC1(C)CO1. The Morgan fingerprint density at radius 1 is 1.57 bits per heavy atom. The minimum Gasteiger partial charge on any atom is -0.444 e. The van der Waals surface area contributed by atoms with E-state index in [1.54, 1.807) is 0 Å². The number of nitrogens with one attached hydrogen (secondary N) is 1. The highest BCUT2D eigenvalue weighted by molar-refractivity contribution is 5.67. The second kappa shape index (κ2) is 3.77. The summed E-state index contributed by atoms with van der Waals surface area (Å²) in [6.45, 7) is 8.96. The quantitative estimate of drug-likeness (QED) is 0.707. The second-order valence-electron chi connectivity index (χ2n) is 4.92. The van der Waals surface area contributed by atoms with Gasteiger partial charge in [0.1, 0.15) is 5.60 Å². The average molecular weight is 201 g/mol. The zero-order valence-corrected chi connectivity index (χ0v) is 9.35. The molecule has 1 fully saturated rings. The zero-order chi connectivity index (χ0) is 10.8. The summed E-state index contributed by atoms with van der Waals surface area (Å²) in [5, 5.41) is 2.69. The molecule has 1 rings (SSSR count). The summed E-state index contributed by atoms with van der Waals surface area (Å²) in [7, 11) is 0. The third kappa shape index (κ3) is 4.46. The third-order valence-corrected chi connectivity index (χ3v) is 1.96. The highest BCUT2D eigenvalue weighted by Gasteiger charge is 2.38. The minimum atomic E-state index is -0.427. The molecule has 1 heterocycles. The number of carbonyl (C=O) groups excluding carboxylic acids is 1. The summed E-state index contributed by atoms with van der Waals surface area (Å²) in [4.78, 5) is 11.2. The highest BCUT2D eigenvalue weighted by Crippen LogP contribution is 2.28. The summed E-state index contributed by atoms with van der Waals surface area (Å²) in [5.41, 5.74) is -0.431. The smallest absolute Gasteiger partial charge is 0.407 e. The summed E-state index contributed by atoms with van der Waals surface area (Å²) >= 11 is 0. The van der Waals surface area contributed by atoms with Crippen LogP contribution in [0.5, 0.6) is 0 Å².